The van der Waals surface area contributed by atoms with E-state index < -0.39 is 5.54 Å². The molecule has 1 aliphatic carbocycles. The minimum atomic E-state index is -0.489. The molecular weight excluding hydrogens is 212 g/mol. The third-order valence-electron chi connectivity index (χ3n) is 3.08. The zero-order valence-corrected chi connectivity index (χ0v) is 9.98. The highest BCUT2D eigenvalue weighted by atomic mass is 32.2. The molecule has 1 rings (SSSR count). The molecule has 4 N–H and O–H groups in total. The number of thioether (sulfide) groups is 1. The van der Waals surface area contributed by atoms with Gasteiger partial charge in [-0.05, 0) is 38.5 Å². The zero-order valence-electron chi connectivity index (χ0n) is 9.16. The van der Waals surface area contributed by atoms with Crippen molar-refractivity contribution in [1.82, 2.24) is 5.32 Å². The molecule has 0 aromatic rings. The average molecular weight is 232 g/mol. The molecule has 0 saturated heterocycles. The van der Waals surface area contributed by atoms with Crippen molar-refractivity contribution in [3.63, 3.8) is 0 Å². The molecule has 2 unspecified atom stereocenters. The van der Waals surface area contributed by atoms with Crippen LogP contribution in [-0.4, -0.2) is 41.2 Å². The summed E-state index contributed by atoms with van der Waals surface area (Å²) in [6.45, 7) is 0.243. The van der Waals surface area contributed by atoms with Crippen LogP contribution in [0.25, 0.3) is 0 Å². The van der Waals surface area contributed by atoms with Gasteiger partial charge in [-0.25, -0.2) is 0 Å². The van der Waals surface area contributed by atoms with Crippen LogP contribution >= 0.6 is 11.8 Å². The second-order valence-corrected chi connectivity index (χ2v) is 5.42. The Kier molecular flexibility index (Phi) is 4.89. The van der Waals surface area contributed by atoms with Gasteiger partial charge in [-0.3, -0.25) is 4.79 Å². The number of nitrogens with two attached hydrogens (primary N) is 1. The van der Waals surface area contributed by atoms with E-state index in [2.05, 4.69) is 5.32 Å². The monoisotopic (exact) mass is 232 g/mol. The summed E-state index contributed by atoms with van der Waals surface area (Å²) >= 11 is 1.84. The minimum absolute atomic E-state index is 0.241. The van der Waals surface area contributed by atoms with E-state index >= 15 is 0 Å². The van der Waals surface area contributed by atoms with E-state index in [-0.39, 0.29) is 12.5 Å². The first kappa shape index (κ1) is 12.8. The first-order valence-corrected chi connectivity index (χ1v) is 6.41. The van der Waals surface area contributed by atoms with Crippen molar-refractivity contribution in [2.24, 2.45) is 5.73 Å². The lowest BCUT2D eigenvalue weighted by Gasteiger charge is -2.24. The van der Waals surface area contributed by atoms with Crippen LogP contribution < -0.4 is 11.1 Å². The number of primary amides is 1. The maximum atomic E-state index is 11.3. The Morgan fingerprint density at radius 3 is 2.93 bits per heavy atom. The fourth-order valence-corrected chi connectivity index (χ4v) is 3.35. The van der Waals surface area contributed by atoms with Crippen molar-refractivity contribution in [2.75, 3.05) is 19.4 Å². The second-order valence-electron chi connectivity index (χ2n) is 4.01. The van der Waals surface area contributed by atoms with Gasteiger partial charge < -0.3 is 16.2 Å². The Bertz CT molecular complexity index is 225. The van der Waals surface area contributed by atoms with E-state index in [1.165, 1.54) is 0 Å². The smallest absolute Gasteiger partial charge is 0.237 e. The van der Waals surface area contributed by atoms with Crippen LogP contribution in [0.5, 0.6) is 0 Å². The molecule has 88 valence electrons. The largest absolute Gasteiger partial charge is 0.396 e. The number of amides is 1. The van der Waals surface area contributed by atoms with Crippen molar-refractivity contribution >= 4 is 17.7 Å². The van der Waals surface area contributed by atoms with Crippen LogP contribution in [0.4, 0.5) is 0 Å². The Morgan fingerprint density at radius 2 is 2.47 bits per heavy atom. The predicted octanol–water partition coefficient (Wildman–Crippen LogP) is 0.0980. The SMILES string of the molecule is CNC1(C(N)=O)CCC(SCCCO)C1. The summed E-state index contributed by atoms with van der Waals surface area (Å²) in [6, 6.07) is 0. The summed E-state index contributed by atoms with van der Waals surface area (Å²) in [7, 11) is 1.80. The molecule has 0 heterocycles. The Morgan fingerprint density at radius 1 is 1.73 bits per heavy atom. The summed E-state index contributed by atoms with van der Waals surface area (Å²) in [5.41, 5.74) is 4.92. The number of rotatable bonds is 6. The molecule has 0 radical (unpaired) electrons. The van der Waals surface area contributed by atoms with Crippen LogP contribution in [0.1, 0.15) is 25.7 Å². The minimum Gasteiger partial charge on any atom is -0.396 e. The van der Waals surface area contributed by atoms with Gasteiger partial charge in [0, 0.05) is 11.9 Å². The Labute approximate surface area is 95.0 Å². The van der Waals surface area contributed by atoms with Crippen molar-refractivity contribution in [3.05, 3.63) is 0 Å². The van der Waals surface area contributed by atoms with Gasteiger partial charge in [0.05, 0.1) is 5.54 Å². The van der Waals surface area contributed by atoms with E-state index in [1.54, 1.807) is 7.05 Å². The van der Waals surface area contributed by atoms with Crippen molar-refractivity contribution in [1.29, 1.82) is 0 Å². The number of nitrogens with one attached hydrogen (secondary N) is 1. The number of hydrogen-bond donors (Lipinski definition) is 3. The summed E-state index contributed by atoms with van der Waals surface area (Å²) in [5.74, 6) is 0.718. The first-order chi connectivity index (χ1) is 7.14. The third-order valence-corrected chi connectivity index (χ3v) is 4.47. The molecule has 0 aliphatic heterocycles. The molecular formula is C10H20N2O2S. The van der Waals surface area contributed by atoms with Gasteiger partial charge >= 0.3 is 0 Å². The molecule has 15 heavy (non-hydrogen) atoms. The number of aliphatic hydroxyl groups excluding tert-OH is 1. The fourth-order valence-electron chi connectivity index (χ4n) is 2.03. The summed E-state index contributed by atoms with van der Waals surface area (Å²) in [4.78, 5) is 11.3. The first-order valence-electron chi connectivity index (χ1n) is 5.36. The van der Waals surface area contributed by atoms with Crippen LogP contribution in [0, 0.1) is 0 Å². The van der Waals surface area contributed by atoms with E-state index in [0.29, 0.717) is 5.25 Å². The maximum absolute atomic E-state index is 11.3. The number of aliphatic hydroxyl groups is 1. The van der Waals surface area contributed by atoms with Gasteiger partial charge in [0.15, 0.2) is 0 Å². The number of carbonyl (C=O) groups excluding carboxylic acids is 1. The molecule has 1 saturated carbocycles. The molecule has 1 fully saturated rings. The summed E-state index contributed by atoms with van der Waals surface area (Å²) < 4.78 is 0. The van der Waals surface area contributed by atoms with Gasteiger partial charge in [0.2, 0.25) is 5.91 Å². The lowest BCUT2D eigenvalue weighted by molar-refractivity contribution is -0.124. The Balaban J connectivity index is 2.39. The van der Waals surface area contributed by atoms with E-state index in [0.717, 1.165) is 31.4 Å². The zero-order chi connectivity index (χ0) is 11.3. The van der Waals surface area contributed by atoms with Gasteiger partial charge in [0.25, 0.3) is 0 Å². The highest BCUT2D eigenvalue weighted by Gasteiger charge is 2.42. The quantitative estimate of drug-likeness (QED) is 0.568. The van der Waals surface area contributed by atoms with Crippen LogP contribution in [0.15, 0.2) is 0 Å². The molecule has 4 nitrogen and oxygen atoms in total. The number of hydrogen-bond acceptors (Lipinski definition) is 4. The second kappa shape index (κ2) is 5.72. The molecule has 0 bridgehead atoms. The van der Waals surface area contributed by atoms with Crippen LogP contribution in [0.2, 0.25) is 0 Å². The molecule has 1 amide bonds. The Hall–Kier alpha value is -0.260. The molecule has 0 spiro atoms. The molecule has 2 atom stereocenters. The van der Waals surface area contributed by atoms with Crippen LogP contribution in [0.3, 0.4) is 0 Å². The van der Waals surface area contributed by atoms with Crippen LogP contribution in [-0.2, 0) is 4.79 Å². The number of carbonyl (C=O) groups is 1. The van der Waals surface area contributed by atoms with E-state index in [9.17, 15) is 4.79 Å². The van der Waals surface area contributed by atoms with Gasteiger partial charge in [-0.2, -0.15) is 11.8 Å². The number of likely N-dealkylation sites (N-methyl/N-ethyl adjacent to an activating group) is 1. The van der Waals surface area contributed by atoms with Crippen molar-refractivity contribution < 1.29 is 9.90 Å². The third kappa shape index (κ3) is 3.09. The highest BCUT2D eigenvalue weighted by molar-refractivity contribution is 7.99. The molecule has 5 heteroatoms. The van der Waals surface area contributed by atoms with Gasteiger partial charge in [-0.1, -0.05) is 0 Å². The maximum Gasteiger partial charge on any atom is 0.237 e. The van der Waals surface area contributed by atoms with Crippen molar-refractivity contribution in [3.8, 4) is 0 Å². The van der Waals surface area contributed by atoms with Gasteiger partial charge in [0.1, 0.15) is 0 Å². The van der Waals surface area contributed by atoms with Gasteiger partial charge in [-0.15, -0.1) is 0 Å². The average Bonchev–Trinajstić information content (AvgIpc) is 2.63. The highest BCUT2D eigenvalue weighted by Crippen LogP contribution is 2.36. The summed E-state index contributed by atoms with van der Waals surface area (Å²) in [5, 5.41) is 12.2. The normalized spacial score (nSPS) is 30.7. The fraction of sp³-hybridized carbons (Fsp3) is 0.900. The molecule has 0 aromatic heterocycles. The lowest BCUT2D eigenvalue weighted by Crippen LogP contribution is -2.52. The predicted molar refractivity (Wildman–Crippen MR) is 62.8 cm³/mol. The topological polar surface area (TPSA) is 75.3 Å². The summed E-state index contributed by atoms with van der Waals surface area (Å²) in [6.07, 6.45) is 3.49. The standard InChI is InChI=1S/C10H20N2O2S/c1-12-10(9(11)14)4-3-8(7-10)15-6-2-5-13/h8,12-13H,2-7H2,1H3,(H2,11,14). The molecule has 0 aromatic carbocycles. The van der Waals surface area contributed by atoms with E-state index in [1.807, 2.05) is 11.8 Å². The molecule has 1 aliphatic rings. The lowest BCUT2D eigenvalue weighted by atomic mass is 9.97. The van der Waals surface area contributed by atoms with E-state index in [4.69, 9.17) is 10.8 Å². The van der Waals surface area contributed by atoms with Crippen molar-refractivity contribution in [2.45, 2.75) is 36.5 Å².